The summed E-state index contributed by atoms with van der Waals surface area (Å²) in [6.07, 6.45) is 0. The summed E-state index contributed by atoms with van der Waals surface area (Å²) in [6.45, 7) is 3.92. The third-order valence-corrected chi connectivity index (χ3v) is 3.62. The Morgan fingerprint density at radius 1 is 1.41 bits per heavy atom. The quantitative estimate of drug-likeness (QED) is 0.811. The van der Waals surface area contributed by atoms with Gasteiger partial charge in [-0.05, 0) is 43.6 Å². The molecule has 2 aromatic rings. The van der Waals surface area contributed by atoms with Crippen LogP contribution in [0.3, 0.4) is 0 Å². The van der Waals surface area contributed by atoms with Crippen molar-refractivity contribution in [1.82, 2.24) is 14.5 Å². The van der Waals surface area contributed by atoms with Crippen LogP contribution >= 0.6 is 11.6 Å². The SMILES string of the molecule is COC(=O)CN(C)C(=O)c1ccc2c(c1)nc(Cl)n2C(C)C. The van der Waals surface area contributed by atoms with Crippen molar-refractivity contribution >= 4 is 34.5 Å². The van der Waals surface area contributed by atoms with Crippen molar-refractivity contribution < 1.29 is 14.3 Å². The Morgan fingerprint density at radius 2 is 2.09 bits per heavy atom. The van der Waals surface area contributed by atoms with Crippen molar-refractivity contribution in [3.63, 3.8) is 0 Å². The number of imidazole rings is 1. The molecule has 0 spiro atoms. The van der Waals surface area contributed by atoms with Crippen molar-refractivity contribution in [1.29, 1.82) is 0 Å². The molecule has 0 saturated carbocycles. The largest absolute Gasteiger partial charge is 0.468 e. The summed E-state index contributed by atoms with van der Waals surface area (Å²) in [5, 5.41) is 0.387. The van der Waals surface area contributed by atoms with Gasteiger partial charge in [0.2, 0.25) is 5.28 Å². The average molecular weight is 324 g/mol. The number of halogens is 1. The molecule has 22 heavy (non-hydrogen) atoms. The van der Waals surface area contributed by atoms with Gasteiger partial charge in [-0.3, -0.25) is 9.59 Å². The summed E-state index contributed by atoms with van der Waals surface area (Å²) in [5.74, 6) is -0.744. The van der Waals surface area contributed by atoms with Crippen molar-refractivity contribution in [3.05, 3.63) is 29.0 Å². The van der Waals surface area contributed by atoms with Gasteiger partial charge in [0.25, 0.3) is 5.91 Å². The van der Waals surface area contributed by atoms with Crippen LogP contribution in [-0.4, -0.2) is 47.0 Å². The highest BCUT2D eigenvalue weighted by Crippen LogP contribution is 2.25. The summed E-state index contributed by atoms with van der Waals surface area (Å²) >= 11 is 6.14. The summed E-state index contributed by atoms with van der Waals surface area (Å²) in [5.41, 5.74) is 1.96. The summed E-state index contributed by atoms with van der Waals surface area (Å²) < 4.78 is 6.45. The van der Waals surface area contributed by atoms with Crippen LogP contribution in [0.25, 0.3) is 11.0 Å². The van der Waals surface area contributed by atoms with Crippen LogP contribution in [-0.2, 0) is 9.53 Å². The van der Waals surface area contributed by atoms with E-state index in [1.807, 2.05) is 24.5 Å². The van der Waals surface area contributed by atoms with Gasteiger partial charge in [-0.1, -0.05) is 0 Å². The first-order valence-corrected chi connectivity index (χ1v) is 7.22. The van der Waals surface area contributed by atoms with Crippen molar-refractivity contribution in [2.75, 3.05) is 20.7 Å². The number of nitrogens with zero attached hydrogens (tertiary/aromatic N) is 3. The average Bonchev–Trinajstić information content (AvgIpc) is 2.80. The number of aromatic nitrogens is 2. The lowest BCUT2D eigenvalue weighted by atomic mass is 10.1. The van der Waals surface area contributed by atoms with E-state index in [1.165, 1.54) is 12.0 Å². The number of carbonyl (C=O) groups excluding carboxylic acids is 2. The van der Waals surface area contributed by atoms with Crippen molar-refractivity contribution in [2.45, 2.75) is 19.9 Å². The molecule has 6 nitrogen and oxygen atoms in total. The molecule has 2 rings (SSSR count). The molecule has 7 heteroatoms. The predicted molar refractivity (Wildman–Crippen MR) is 84.1 cm³/mol. The van der Waals surface area contributed by atoms with Crippen LogP contribution in [0.4, 0.5) is 0 Å². The van der Waals surface area contributed by atoms with E-state index in [0.29, 0.717) is 16.4 Å². The first kappa shape index (κ1) is 16.3. The van der Waals surface area contributed by atoms with Gasteiger partial charge in [0.1, 0.15) is 6.54 Å². The smallest absolute Gasteiger partial charge is 0.325 e. The zero-order valence-electron chi connectivity index (χ0n) is 13.0. The second-order valence-electron chi connectivity index (χ2n) is 5.29. The summed E-state index contributed by atoms with van der Waals surface area (Å²) in [6, 6.07) is 5.36. The van der Waals surface area contributed by atoms with Gasteiger partial charge in [-0.15, -0.1) is 0 Å². The molecule has 1 amide bonds. The van der Waals surface area contributed by atoms with Crippen LogP contribution in [0.5, 0.6) is 0 Å². The van der Waals surface area contributed by atoms with Crippen molar-refractivity contribution in [2.24, 2.45) is 0 Å². The molecule has 0 atom stereocenters. The molecule has 0 fully saturated rings. The predicted octanol–water partition coefficient (Wildman–Crippen LogP) is 2.52. The van der Waals surface area contributed by atoms with Crippen molar-refractivity contribution in [3.8, 4) is 0 Å². The number of benzene rings is 1. The first-order valence-electron chi connectivity index (χ1n) is 6.85. The standard InChI is InChI=1S/C15H18ClN3O3/c1-9(2)19-12-6-5-10(7-11(12)17-15(19)16)14(21)18(3)8-13(20)22-4/h5-7,9H,8H2,1-4H3. The molecule has 0 N–H and O–H groups in total. The van der Waals surface area contributed by atoms with Gasteiger partial charge in [0.05, 0.1) is 18.1 Å². The molecule has 1 heterocycles. The van der Waals surface area contributed by atoms with Gasteiger partial charge in [-0.25, -0.2) is 4.98 Å². The van der Waals surface area contributed by atoms with Crippen LogP contribution in [0.15, 0.2) is 18.2 Å². The minimum Gasteiger partial charge on any atom is -0.468 e. The number of ether oxygens (including phenoxy) is 1. The normalized spacial score (nSPS) is 11.0. The number of methoxy groups -OCH3 is 1. The summed E-state index contributed by atoms with van der Waals surface area (Å²) in [7, 11) is 2.83. The second-order valence-corrected chi connectivity index (χ2v) is 5.62. The van der Waals surface area contributed by atoms with Gasteiger partial charge in [0, 0.05) is 18.7 Å². The Morgan fingerprint density at radius 3 is 2.68 bits per heavy atom. The van der Waals surface area contributed by atoms with Gasteiger partial charge in [-0.2, -0.15) is 0 Å². The van der Waals surface area contributed by atoms with E-state index >= 15 is 0 Å². The minimum atomic E-state index is -0.468. The van der Waals surface area contributed by atoms with Crippen LogP contribution in [0.1, 0.15) is 30.2 Å². The fraction of sp³-hybridized carbons (Fsp3) is 0.400. The fourth-order valence-corrected chi connectivity index (χ4v) is 2.62. The number of amides is 1. The van der Waals surface area contributed by atoms with E-state index in [2.05, 4.69) is 9.72 Å². The third kappa shape index (κ3) is 3.06. The molecule has 1 aromatic heterocycles. The Labute approximate surface area is 133 Å². The zero-order chi connectivity index (χ0) is 16.4. The van der Waals surface area contributed by atoms with Crippen LogP contribution in [0.2, 0.25) is 5.28 Å². The number of hydrogen-bond donors (Lipinski definition) is 0. The molecule has 0 aliphatic rings. The van der Waals surface area contributed by atoms with E-state index in [-0.39, 0.29) is 18.5 Å². The molecule has 0 bridgehead atoms. The lowest BCUT2D eigenvalue weighted by Crippen LogP contribution is -2.32. The Kier molecular flexibility index (Phi) is 4.71. The monoisotopic (exact) mass is 323 g/mol. The van der Waals surface area contributed by atoms with Crippen LogP contribution < -0.4 is 0 Å². The minimum absolute atomic E-state index is 0.103. The van der Waals surface area contributed by atoms with Gasteiger partial charge in [0.15, 0.2) is 0 Å². The van der Waals surface area contributed by atoms with E-state index in [4.69, 9.17) is 11.6 Å². The number of rotatable bonds is 4. The molecule has 118 valence electrons. The number of hydrogen-bond acceptors (Lipinski definition) is 4. The van der Waals surface area contributed by atoms with E-state index in [0.717, 1.165) is 5.52 Å². The lowest BCUT2D eigenvalue weighted by Gasteiger charge is -2.15. The first-order chi connectivity index (χ1) is 10.3. The van der Waals surface area contributed by atoms with Gasteiger partial charge >= 0.3 is 5.97 Å². The van der Waals surface area contributed by atoms with E-state index in [1.54, 1.807) is 19.2 Å². The molecule has 0 unspecified atom stereocenters. The highest BCUT2D eigenvalue weighted by atomic mass is 35.5. The van der Waals surface area contributed by atoms with Crippen LogP contribution in [0, 0.1) is 0 Å². The van der Waals surface area contributed by atoms with E-state index in [9.17, 15) is 9.59 Å². The lowest BCUT2D eigenvalue weighted by molar-refractivity contribution is -0.141. The Bertz CT molecular complexity index is 724. The highest BCUT2D eigenvalue weighted by molar-refractivity contribution is 6.29. The second kappa shape index (κ2) is 6.36. The molecule has 0 saturated heterocycles. The van der Waals surface area contributed by atoms with Gasteiger partial charge < -0.3 is 14.2 Å². The molecule has 0 radical (unpaired) electrons. The molecule has 0 aliphatic heterocycles. The summed E-state index contributed by atoms with van der Waals surface area (Å²) in [4.78, 5) is 29.1. The Hall–Kier alpha value is -2.08. The third-order valence-electron chi connectivity index (χ3n) is 3.35. The Balaban J connectivity index is 2.34. The molecular formula is C15H18ClN3O3. The molecule has 1 aromatic carbocycles. The zero-order valence-corrected chi connectivity index (χ0v) is 13.7. The topological polar surface area (TPSA) is 64.4 Å². The maximum absolute atomic E-state index is 12.3. The number of fused-ring (bicyclic) bond motifs is 1. The maximum atomic E-state index is 12.3. The number of esters is 1. The number of carbonyl (C=O) groups is 2. The van der Waals surface area contributed by atoms with E-state index < -0.39 is 5.97 Å². The fourth-order valence-electron chi connectivity index (χ4n) is 2.24. The molecule has 0 aliphatic carbocycles. The maximum Gasteiger partial charge on any atom is 0.325 e. The molecular weight excluding hydrogens is 306 g/mol. The number of likely N-dealkylation sites (N-methyl/N-ethyl adjacent to an activating group) is 1. The highest BCUT2D eigenvalue weighted by Gasteiger charge is 2.18.